The lowest BCUT2D eigenvalue weighted by atomic mass is 9.69. The minimum Gasteiger partial charge on any atom is -0.511 e. The molecule has 0 amide bonds. The summed E-state index contributed by atoms with van der Waals surface area (Å²) in [7, 11) is -2.51. The Balaban J connectivity index is 2.36. The lowest BCUT2D eigenvalue weighted by Gasteiger charge is -2.42. The van der Waals surface area contributed by atoms with Gasteiger partial charge in [0, 0.05) is 37.5 Å². The molecule has 1 fully saturated rings. The highest BCUT2D eigenvalue weighted by molar-refractivity contribution is 7.94. The average Bonchev–Trinajstić information content (AvgIpc) is 2.72. The van der Waals surface area contributed by atoms with Crippen molar-refractivity contribution in [2.24, 2.45) is 16.1 Å². The zero-order valence-electron chi connectivity index (χ0n) is 21.1. The Morgan fingerprint density at radius 3 is 2.56 bits per heavy atom. The van der Waals surface area contributed by atoms with Gasteiger partial charge in [-0.2, -0.15) is 0 Å². The van der Waals surface area contributed by atoms with Gasteiger partial charge in [-0.3, -0.25) is 0 Å². The molecule has 2 rings (SSSR count). The standard InChI is InChI=1S/C23H38N6O4S/c1-15(30)19(13-24)34(32,33)27-20-12-16(10-11-23(20,5)6)17-8-9-18(25-14-22(2,3)4)21(26-17)29(7)28-31/h8-9,13,16,20,24-25,27,30H,10-12,14H2,1-7H3/b19-15+,24-13?. The highest BCUT2D eigenvalue weighted by Crippen LogP contribution is 2.43. The van der Waals surface area contributed by atoms with Gasteiger partial charge in [0.05, 0.1) is 11.0 Å². The average molecular weight is 495 g/mol. The van der Waals surface area contributed by atoms with Crippen molar-refractivity contribution in [3.8, 4) is 0 Å². The highest BCUT2D eigenvalue weighted by Gasteiger charge is 2.40. The van der Waals surface area contributed by atoms with E-state index in [4.69, 9.17) is 10.4 Å². The van der Waals surface area contributed by atoms with Crippen molar-refractivity contribution in [2.45, 2.75) is 72.8 Å². The van der Waals surface area contributed by atoms with Gasteiger partial charge in [-0.15, -0.1) is 4.91 Å². The molecule has 1 saturated carbocycles. The third-order valence-electron chi connectivity index (χ3n) is 6.23. The van der Waals surface area contributed by atoms with Crippen LogP contribution in [0.5, 0.6) is 0 Å². The van der Waals surface area contributed by atoms with Crippen molar-refractivity contribution < 1.29 is 13.5 Å². The summed E-state index contributed by atoms with van der Waals surface area (Å²) in [5.41, 5.74) is 1.15. The first-order valence-electron chi connectivity index (χ1n) is 11.4. The van der Waals surface area contributed by atoms with Crippen LogP contribution in [0.3, 0.4) is 0 Å². The summed E-state index contributed by atoms with van der Waals surface area (Å²) in [6, 6.07) is 3.36. The van der Waals surface area contributed by atoms with Crippen molar-refractivity contribution in [3.63, 3.8) is 0 Å². The number of pyridine rings is 1. The maximum absolute atomic E-state index is 12.8. The molecule has 34 heavy (non-hydrogen) atoms. The van der Waals surface area contributed by atoms with E-state index in [-0.39, 0.29) is 16.7 Å². The Morgan fingerprint density at radius 2 is 2.03 bits per heavy atom. The summed E-state index contributed by atoms with van der Waals surface area (Å²) in [5, 5.41) is 24.7. The Bertz CT molecular complexity index is 1040. The zero-order chi connectivity index (χ0) is 25.9. The lowest BCUT2D eigenvalue weighted by molar-refractivity contribution is 0.170. The van der Waals surface area contributed by atoms with Crippen LogP contribution in [-0.2, 0) is 10.0 Å². The van der Waals surface area contributed by atoms with E-state index in [0.717, 1.165) is 18.5 Å². The maximum atomic E-state index is 12.8. The molecule has 0 spiro atoms. The molecule has 0 saturated heterocycles. The van der Waals surface area contributed by atoms with Gasteiger partial charge >= 0.3 is 0 Å². The van der Waals surface area contributed by atoms with Crippen molar-refractivity contribution in [1.82, 2.24) is 9.71 Å². The van der Waals surface area contributed by atoms with Gasteiger partial charge in [-0.1, -0.05) is 34.6 Å². The van der Waals surface area contributed by atoms with E-state index in [0.29, 0.717) is 30.7 Å². The van der Waals surface area contributed by atoms with Crippen LogP contribution in [0.15, 0.2) is 28.1 Å². The number of allylic oxidation sites excluding steroid dienone is 2. The van der Waals surface area contributed by atoms with Crippen LogP contribution in [-0.4, -0.2) is 44.4 Å². The Kier molecular flexibility index (Phi) is 8.47. The molecule has 10 nitrogen and oxygen atoms in total. The van der Waals surface area contributed by atoms with Crippen LogP contribution in [0, 0.1) is 21.1 Å². The number of nitrogens with zero attached hydrogens (tertiary/aromatic N) is 3. The second kappa shape index (κ2) is 10.4. The number of aliphatic hydroxyl groups is 1. The molecule has 1 aliphatic carbocycles. The van der Waals surface area contributed by atoms with Crippen molar-refractivity contribution >= 4 is 27.7 Å². The smallest absolute Gasteiger partial charge is 0.245 e. The number of aliphatic hydroxyl groups excluding tert-OH is 1. The first-order valence-corrected chi connectivity index (χ1v) is 12.8. The quantitative estimate of drug-likeness (QED) is 0.169. The predicted molar refractivity (Wildman–Crippen MR) is 137 cm³/mol. The SMILES string of the molecule is C/C(O)=C(/C=N)S(=O)(=O)NC1CC(c2ccc(NCC(C)(C)C)c(N(C)N=O)n2)CCC1(C)C. The first-order chi connectivity index (χ1) is 15.6. The topological polar surface area (TPSA) is 148 Å². The van der Waals surface area contributed by atoms with E-state index < -0.39 is 26.7 Å². The van der Waals surface area contributed by atoms with E-state index in [1.165, 1.54) is 11.9 Å². The fourth-order valence-electron chi connectivity index (χ4n) is 4.02. The molecule has 1 heterocycles. The minimum atomic E-state index is -4.06. The van der Waals surface area contributed by atoms with E-state index in [1.807, 2.05) is 26.0 Å². The number of nitrogens with one attached hydrogen (secondary N) is 3. The van der Waals surface area contributed by atoms with Gasteiger partial charge in [0.25, 0.3) is 0 Å². The molecule has 2 atom stereocenters. The predicted octanol–water partition coefficient (Wildman–Crippen LogP) is 4.68. The maximum Gasteiger partial charge on any atom is 0.245 e. The second-order valence-electron chi connectivity index (χ2n) is 10.9. The molecule has 0 aromatic carbocycles. The summed E-state index contributed by atoms with van der Waals surface area (Å²) in [6.45, 7) is 12.2. The first kappa shape index (κ1) is 27.7. The third-order valence-corrected chi connectivity index (χ3v) is 7.82. The molecule has 11 heteroatoms. The highest BCUT2D eigenvalue weighted by atomic mass is 32.2. The van der Waals surface area contributed by atoms with Crippen LogP contribution in [0.4, 0.5) is 11.5 Å². The van der Waals surface area contributed by atoms with Gasteiger partial charge < -0.3 is 15.8 Å². The van der Waals surface area contributed by atoms with Gasteiger partial charge in [0.1, 0.15) is 10.7 Å². The van der Waals surface area contributed by atoms with Gasteiger partial charge in [0.2, 0.25) is 10.0 Å². The molecule has 190 valence electrons. The molecular formula is C23H38N6O4S. The van der Waals surface area contributed by atoms with E-state index in [2.05, 4.69) is 36.1 Å². The summed E-state index contributed by atoms with van der Waals surface area (Å²) >= 11 is 0. The molecule has 0 aliphatic heterocycles. The lowest BCUT2D eigenvalue weighted by Crippen LogP contribution is -2.48. The number of nitroso groups, excluding NO2 is 1. The fraction of sp³-hybridized carbons (Fsp3) is 0.652. The number of hydrogen-bond donors (Lipinski definition) is 4. The Morgan fingerprint density at radius 1 is 1.38 bits per heavy atom. The minimum absolute atomic E-state index is 0.0269. The zero-order valence-corrected chi connectivity index (χ0v) is 22.0. The normalized spacial score (nSPS) is 21.4. The largest absolute Gasteiger partial charge is 0.511 e. The number of anilines is 2. The van der Waals surface area contributed by atoms with Crippen LogP contribution in [0.25, 0.3) is 0 Å². The van der Waals surface area contributed by atoms with Crippen molar-refractivity contribution in [3.05, 3.63) is 33.4 Å². The van der Waals surface area contributed by atoms with Crippen molar-refractivity contribution in [1.29, 1.82) is 5.41 Å². The van der Waals surface area contributed by atoms with Gasteiger partial charge in [0.15, 0.2) is 5.82 Å². The molecule has 1 aromatic rings. The van der Waals surface area contributed by atoms with E-state index >= 15 is 0 Å². The van der Waals surface area contributed by atoms with E-state index in [9.17, 15) is 18.4 Å². The van der Waals surface area contributed by atoms with Gasteiger partial charge in [-0.25, -0.2) is 23.1 Å². The Hall–Kier alpha value is -2.53. The Labute approximate surface area is 202 Å². The summed E-state index contributed by atoms with van der Waals surface area (Å²) in [4.78, 5) is 15.6. The van der Waals surface area contributed by atoms with Crippen LogP contribution >= 0.6 is 0 Å². The van der Waals surface area contributed by atoms with Crippen molar-refractivity contribution in [2.75, 3.05) is 23.9 Å². The van der Waals surface area contributed by atoms with Crippen LogP contribution < -0.4 is 15.0 Å². The molecular weight excluding hydrogens is 456 g/mol. The molecule has 1 aliphatic rings. The summed E-state index contributed by atoms with van der Waals surface area (Å²) in [6.07, 6.45) is 2.68. The van der Waals surface area contributed by atoms with Crippen LogP contribution in [0.1, 0.15) is 72.4 Å². The molecule has 0 radical (unpaired) electrons. The molecule has 0 bridgehead atoms. The third kappa shape index (κ3) is 6.75. The van der Waals surface area contributed by atoms with E-state index in [1.54, 1.807) is 7.05 Å². The number of hydrogen-bond acceptors (Lipinski definition) is 8. The molecule has 2 unspecified atom stereocenters. The van der Waals surface area contributed by atoms with Crippen LogP contribution in [0.2, 0.25) is 0 Å². The molecule has 1 aromatic heterocycles. The monoisotopic (exact) mass is 494 g/mol. The fourth-order valence-corrected chi connectivity index (χ4v) is 5.48. The van der Waals surface area contributed by atoms with Gasteiger partial charge in [-0.05, 0) is 49.1 Å². The number of sulfonamides is 1. The second-order valence-corrected chi connectivity index (χ2v) is 12.5. The number of aromatic nitrogens is 1. The number of rotatable bonds is 9. The molecule has 4 N–H and O–H groups in total. The summed E-state index contributed by atoms with van der Waals surface area (Å²) < 4.78 is 28.3. The summed E-state index contributed by atoms with van der Waals surface area (Å²) in [5.74, 6) is -0.0517.